The Morgan fingerprint density at radius 2 is 1.89 bits per heavy atom. The molecule has 1 aromatic carbocycles. The van der Waals surface area contributed by atoms with Crippen LogP contribution in [0, 0.1) is 0 Å². The third-order valence-electron chi connectivity index (χ3n) is 2.66. The van der Waals surface area contributed by atoms with E-state index in [0.717, 1.165) is 4.90 Å². The van der Waals surface area contributed by atoms with Crippen LogP contribution in [0.1, 0.15) is 11.6 Å². The second-order valence-electron chi connectivity index (χ2n) is 4.21. The third-order valence-corrected chi connectivity index (χ3v) is 2.66. The number of carbonyl (C=O) groups is 1. The highest BCUT2D eigenvalue weighted by molar-refractivity contribution is 5.81. The summed E-state index contributed by atoms with van der Waals surface area (Å²) in [4.78, 5) is 12.5. The summed E-state index contributed by atoms with van der Waals surface area (Å²) >= 11 is 0. The van der Waals surface area contributed by atoms with Crippen LogP contribution < -0.4 is 5.73 Å². The largest absolute Gasteiger partial charge is 0.415 e. The van der Waals surface area contributed by atoms with Gasteiger partial charge in [-0.25, -0.2) is 0 Å². The van der Waals surface area contributed by atoms with Crippen LogP contribution in [0.15, 0.2) is 30.3 Å². The number of halogens is 3. The zero-order chi connectivity index (χ0) is 14.6. The van der Waals surface area contributed by atoms with Crippen LogP contribution in [-0.4, -0.2) is 41.8 Å². The molecule has 1 amide bonds. The molecule has 0 aliphatic carbocycles. The van der Waals surface area contributed by atoms with Crippen molar-refractivity contribution in [2.75, 3.05) is 13.6 Å². The van der Waals surface area contributed by atoms with Crippen molar-refractivity contribution >= 4 is 5.91 Å². The van der Waals surface area contributed by atoms with Crippen molar-refractivity contribution in [3.63, 3.8) is 0 Å². The fourth-order valence-corrected chi connectivity index (χ4v) is 1.75. The number of carbonyl (C=O) groups excluding carboxylic acids is 1. The molecular weight excluding hydrogens is 261 g/mol. The number of aliphatic hydroxyl groups excluding tert-OH is 1. The molecule has 2 atom stereocenters. The topological polar surface area (TPSA) is 66.6 Å². The van der Waals surface area contributed by atoms with E-state index in [2.05, 4.69) is 0 Å². The lowest BCUT2D eigenvalue weighted by atomic mass is 10.0. The number of primary amides is 1. The summed E-state index contributed by atoms with van der Waals surface area (Å²) in [5.74, 6) is -0.775. The maximum atomic E-state index is 12.3. The van der Waals surface area contributed by atoms with Gasteiger partial charge in [-0.2, -0.15) is 13.2 Å². The molecule has 4 nitrogen and oxygen atoms in total. The molecule has 0 aliphatic heterocycles. The molecule has 0 aromatic heterocycles. The van der Waals surface area contributed by atoms with Crippen molar-refractivity contribution in [2.24, 2.45) is 5.73 Å². The van der Waals surface area contributed by atoms with Crippen molar-refractivity contribution in [1.29, 1.82) is 0 Å². The molecule has 3 N–H and O–H groups in total. The van der Waals surface area contributed by atoms with Gasteiger partial charge in [0.15, 0.2) is 6.10 Å². The minimum atomic E-state index is -4.73. The maximum Gasteiger partial charge on any atom is 0.415 e. The number of nitrogens with zero attached hydrogens (tertiary/aromatic N) is 1. The molecular formula is C12H15F3N2O2. The Bertz CT molecular complexity index is 423. The van der Waals surface area contributed by atoms with Crippen molar-refractivity contribution in [1.82, 2.24) is 4.90 Å². The molecule has 1 aromatic rings. The number of hydrogen-bond donors (Lipinski definition) is 2. The Kier molecular flexibility index (Phi) is 4.90. The summed E-state index contributed by atoms with van der Waals surface area (Å²) in [6.45, 7) is -0.730. The number of likely N-dealkylation sites (N-methyl/N-ethyl adjacent to an activating group) is 1. The van der Waals surface area contributed by atoms with Gasteiger partial charge in [-0.05, 0) is 12.6 Å². The first-order valence-corrected chi connectivity index (χ1v) is 5.52. The lowest BCUT2D eigenvalue weighted by Crippen LogP contribution is -2.44. The van der Waals surface area contributed by atoms with Crippen LogP contribution in [-0.2, 0) is 4.79 Å². The van der Waals surface area contributed by atoms with Gasteiger partial charge in [0.2, 0.25) is 5.91 Å². The first-order chi connectivity index (χ1) is 8.73. The zero-order valence-electron chi connectivity index (χ0n) is 10.3. The van der Waals surface area contributed by atoms with E-state index in [9.17, 15) is 18.0 Å². The summed E-state index contributed by atoms with van der Waals surface area (Å²) in [6, 6.07) is 7.18. The minimum absolute atomic E-state index is 0.479. The highest BCUT2D eigenvalue weighted by Gasteiger charge is 2.40. The summed E-state index contributed by atoms with van der Waals surface area (Å²) < 4.78 is 36.9. The van der Waals surface area contributed by atoms with Crippen LogP contribution in [0.5, 0.6) is 0 Å². The fraction of sp³-hybridized carbons (Fsp3) is 0.417. The van der Waals surface area contributed by atoms with Crippen LogP contribution in [0.25, 0.3) is 0 Å². The summed E-state index contributed by atoms with van der Waals surface area (Å²) in [7, 11) is 1.30. The van der Waals surface area contributed by atoms with Gasteiger partial charge < -0.3 is 10.8 Å². The number of alkyl halides is 3. The molecule has 0 aliphatic rings. The second-order valence-corrected chi connectivity index (χ2v) is 4.21. The Labute approximate surface area is 108 Å². The average molecular weight is 276 g/mol. The first-order valence-electron chi connectivity index (χ1n) is 5.52. The van der Waals surface area contributed by atoms with Crippen LogP contribution in [0.3, 0.4) is 0 Å². The van der Waals surface area contributed by atoms with E-state index in [-0.39, 0.29) is 0 Å². The van der Waals surface area contributed by atoms with Gasteiger partial charge in [0.25, 0.3) is 0 Å². The van der Waals surface area contributed by atoms with Gasteiger partial charge in [-0.3, -0.25) is 9.69 Å². The van der Waals surface area contributed by atoms with Gasteiger partial charge in [-0.15, -0.1) is 0 Å². The monoisotopic (exact) mass is 276 g/mol. The normalized spacial score (nSPS) is 15.3. The fourth-order valence-electron chi connectivity index (χ4n) is 1.75. The van der Waals surface area contributed by atoms with Crippen LogP contribution in [0.4, 0.5) is 13.2 Å². The lowest BCUT2D eigenvalue weighted by Gasteiger charge is -2.28. The number of aliphatic hydroxyl groups is 1. The van der Waals surface area contributed by atoms with Crippen molar-refractivity contribution in [2.45, 2.75) is 18.3 Å². The Balaban J connectivity index is 2.87. The van der Waals surface area contributed by atoms with E-state index in [1.807, 2.05) is 0 Å². The summed E-state index contributed by atoms with van der Waals surface area (Å²) in [6.07, 6.45) is -7.25. The van der Waals surface area contributed by atoms with Gasteiger partial charge >= 0.3 is 6.18 Å². The zero-order valence-corrected chi connectivity index (χ0v) is 10.3. The Hall–Kier alpha value is -1.60. The predicted octanol–water partition coefficient (Wildman–Crippen LogP) is 1.07. The van der Waals surface area contributed by atoms with E-state index >= 15 is 0 Å². The number of rotatable bonds is 5. The number of amides is 1. The molecule has 0 saturated carbocycles. The van der Waals surface area contributed by atoms with Crippen molar-refractivity contribution in [3.05, 3.63) is 35.9 Å². The average Bonchev–Trinajstić information content (AvgIpc) is 2.28. The van der Waals surface area contributed by atoms with E-state index < -0.39 is 30.8 Å². The lowest BCUT2D eigenvalue weighted by molar-refractivity contribution is -0.208. The Morgan fingerprint density at radius 3 is 2.32 bits per heavy atom. The smallest absolute Gasteiger partial charge is 0.382 e. The minimum Gasteiger partial charge on any atom is -0.382 e. The number of nitrogens with two attached hydrogens (primary N) is 1. The van der Waals surface area contributed by atoms with Crippen molar-refractivity contribution < 1.29 is 23.1 Å². The molecule has 2 unspecified atom stereocenters. The molecule has 106 valence electrons. The molecule has 1 rings (SSSR count). The summed E-state index contributed by atoms with van der Waals surface area (Å²) in [5.41, 5.74) is 5.69. The highest BCUT2D eigenvalue weighted by atomic mass is 19.4. The third kappa shape index (κ3) is 4.22. The summed E-state index contributed by atoms with van der Waals surface area (Å²) in [5, 5.41) is 9.01. The van der Waals surface area contributed by atoms with Crippen molar-refractivity contribution in [3.8, 4) is 0 Å². The van der Waals surface area contributed by atoms with Gasteiger partial charge in [-0.1, -0.05) is 30.3 Å². The Morgan fingerprint density at radius 1 is 1.37 bits per heavy atom. The van der Waals surface area contributed by atoms with E-state index in [0.29, 0.717) is 5.56 Å². The standard InChI is InChI=1S/C12H15F3N2O2/c1-17(7-9(18)12(13,14)15)10(11(16)19)8-5-3-2-4-6-8/h2-6,9-10,18H,7H2,1H3,(H2,16,19). The molecule has 7 heteroatoms. The van der Waals surface area contributed by atoms with E-state index in [1.165, 1.54) is 7.05 Å². The molecule has 19 heavy (non-hydrogen) atoms. The molecule has 0 saturated heterocycles. The molecule has 0 fully saturated rings. The first kappa shape index (κ1) is 15.5. The number of hydrogen-bond acceptors (Lipinski definition) is 3. The highest BCUT2D eigenvalue weighted by Crippen LogP contribution is 2.24. The van der Waals surface area contributed by atoms with Gasteiger partial charge in [0.05, 0.1) is 0 Å². The van der Waals surface area contributed by atoms with E-state index in [1.54, 1.807) is 30.3 Å². The van der Waals surface area contributed by atoms with Gasteiger partial charge in [0, 0.05) is 6.54 Å². The molecule has 0 bridgehead atoms. The second kappa shape index (κ2) is 6.03. The van der Waals surface area contributed by atoms with Gasteiger partial charge in [0.1, 0.15) is 6.04 Å². The molecule has 0 heterocycles. The molecule has 0 spiro atoms. The van der Waals surface area contributed by atoms with Crippen LogP contribution >= 0.6 is 0 Å². The quantitative estimate of drug-likeness (QED) is 0.845. The van der Waals surface area contributed by atoms with E-state index in [4.69, 9.17) is 10.8 Å². The molecule has 0 radical (unpaired) electrons. The predicted molar refractivity (Wildman–Crippen MR) is 63.1 cm³/mol. The maximum absolute atomic E-state index is 12.3. The number of benzene rings is 1. The SMILES string of the molecule is CN(CC(O)C(F)(F)F)C(C(N)=O)c1ccccc1. The van der Waals surface area contributed by atoms with Crippen LogP contribution in [0.2, 0.25) is 0 Å².